The van der Waals surface area contributed by atoms with E-state index in [2.05, 4.69) is 0 Å². The summed E-state index contributed by atoms with van der Waals surface area (Å²) in [7, 11) is 0. The van der Waals surface area contributed by atoms with E-state index in [9.17, 15) is 13.6 Å². The van der Waals surface area contributed by atoms with Gasteiger partial charge < -0.3 is 5.11 Å². The number of carboxylic acid groups (broad SMARTS) is 1. The highest BCUT2D eigenvalue weighted by molar-refractivity contribution is 5.70. The van der Waals surface area contributed by atoms with Crippen LogP contribution in [0.5, 0.6) is 0 Å². The summed E-state index contributed by atoms with van der Waals surface area (Å²) >= 11 is 0. The van der Waals surface area contributed by atoms with Crippen molar-refractivity contribution in [1.82, 2.24) is 0 Å². The smallest absolute Gasteiger partial charge is 0.307 e. The second kappa shape index (κ2) is 3.51. The van der Waals surface area contributed by atoms with Gasteiger partial charge in [-0.2, -0.15) is 0 Å². The van der Waals surface area contributed by atoms with Crippen molar-refractivity contribution in [2.24, 2.45) is 0 Å². The molecule has 0 amide bonds. The van der Waals surface area contributed by atoms with Crippen molar-refractivity contribution in [2.45, 2.75) is 13.3 Å². The molecule has 2 nitrogen and oxygen atoms in total. The van der Waals surface area contributed by atoms with E-state index in [0.29, 0.717) is 6.07 Å². The lowest BCUT2D eigenvalue weighted by atomic mass is 10.1. The van der Waals surface area contributed by atoms with Crippen LogP contribution in [0, 0.1) is 18.6 Å². The lowest BCUT2D eigenvalue weighted by Crippen LogP contribution is -2.03. The van der Waals surface area contributed by atoms with Gasteiger partial charge in [0.25, 0.3) is 0 Å². The lowest BCUT2D eigenvalue weighted by molar-refractivity contribution is -0.136. The fourth-order valence-electron chi connectivity index (χ4n) is 1.02. The predicted octanol–water partition coefficient (Wildman–Crippen LogP) is 1.90. The van der Waals surface area contributed by atoms with E-state index in [0.717, 1.165) is 0 Å². The minimum Gasteiger partial charge on any atom is -0.481 e. The van der Waals surface area contributed by atoms with Gasteiger partial charge in [-0.05, 0) is 24.1 Å². The molecule has 0 atom stereocenters. The Hall–Kier alpha value is -1.45. The van der Waals surface area contributed by atoms with Crippen LogP contribution in [-0.4, -0.2) is 11.1 Å². The van der Waals surface area contributed by atoms with Crippen LogP contribution in [0.2, 0.25) is 0 Å². The van der Waals surface area contributed by atoms with Crippen LogP contribution in [-0.2, 0) is 11.2 Å². The predicted molar refractivity (Wildman–Crippen MR) is 42.4 cm³/mol. The number of benzene rings is 1. The van der Waals surface area contributed by atoms with Crippen molar-refractivity contribution in [2.75, 3.05) is 0 Å². The highest BCUT2D eigenvalue weighted by atomic mass is 19.1. The molecule has 0 fully saturated rings. The molecule has 0 aliphatic heterocycles. The fourth-order valence-corrected chi connectivity index (χ4v) is 1.02. The van der Waals surface area contributed by atoms with Gasteiger partial charge in [0.1, 0.15) is 11.6 Å². The van der Waals surface area contributed by atoms with Crippen LogP contribution in [0.3, 0.4) is 0 Å². The SMILES string of the molecule is Cc1cc(CC(=O)O)c(F)cc1F. The molecule has 0 spiro atoms. The zero-order valence-corrected chi connectivity index (χ0v) is 6.97. The standard InChI is InChI=1S/C9H8F2O2/c1-5-2-6(3-9(12)13)8(11)4-7(5)10/h2,4H,3H2,1H3,(H,12,13). The number of rotatable bonds is 2. The molecular weight excluding hydrogens is 178 g/mol. The number of hydrogen-bond donors (Lipinski definition) is 1. The molecule has 0 aliphatic rings. The lowest BCUT2D eigenvalue weighted by Gasteiger charge is -2.02. The second-order valence-corrected chi connectivity index (χ2v) is 2.76. The van der Waals surface area contributed by atoms with Crippen LogP contribution in [0.15, 0.2) is 12.1 Å². The molecule has 0 unspecified atom stereocenters. The van der Waals surface area contributed by atoms with Crippen molar-refractivity contribution in [1.29, 1.82) is 0 Å². The maximum absolute atomic E-state index is 12.9. The fraction of sp³-hybridized carbons (Fsp3) is 0.222. The normalized spacial score (nSPS) is 10.1. The first kappa shape index (κ1) is 9.64. The van der Waals surface area contributed by atoms with E-state index in [1.807, 2.05) is 0 Å². The first-order chi connectivity index (χ1) is 6.00. The first-order valence-electron chi connectivity index (χ1n) is 3.67. The molecule has 0 bridgehead atoms. The van der Waals surface area contributed by atoms with E-state index in [-0.39, 0.29) is 11.1 Å². The minimum atomic E-state index is -1.13. The van der Waals surface area contributed by atoms with Gasteiger partial charge in [0, 0.05) is 6.07 Å². The van der Waals surface area contributed by atoms with E-state index >= 15 is 0 Å². The summed E-state index contributed by atoms with van der Waals surface area (Å²) in [4.78, 5) is 10.3. The molecule has 0 heterocycles. The third-order valence-electron chi connectivity index (χ3n) is 1.67. The summed E-state index contributed by atoms with van der Waals surface area (Å²) in [5.41, 5.74) is 0.254. The Balaban J connectivity index is 3.08. The Morgan fingerprint density at radius 3 is 2.54 bits per heavy atom. The zero-order chi connectivity index (χ0) is 10.0. The third kappa shape index (κ3) is 2.24. The van der Waals surface area contributed by atoms with Gasteiger partial charge in [0.05, 0.1) is 6.42 Å². The van der Waals surface area contributed by atoms with Crippen molar-refractivity contribution in [3.05, 3.63) is 34.9 Å². The Labute approximate surface area is 73.8 Å². The Kier molecular flexibility index (Phi) is 2.60. The Morgan fingerprint density at radius 2 is 2.00 bits per heavy atom. The average Bonchev–Trinajstić information content (AvgIpc) is 1.99. The first-order valence-corrected chi connectivity index (χ1v) is 3.67. The number of hydrogen-bond acceptors (Lipinski definition) is 1. The summed E-state index contributed by atoms with van der Waals surface area (Å²) in [6, 6.07) is 1.91. The quantitative estimate of drug-likeness (QED) is 0.765. The number of aliphatic carboxylic acids is 1. The van der Waals surface area contributed by atoms with Crippen LogP contribution in [0.4, 0.5) is 8.78 Å². The van der Waals surface area contributed by atoms with Gasteiger partial charge in [-0.25, -0.2) is 8.78 Å². The summed E-state index contributed by atoms with van der Waals surface area (Å²) in [6.07, 6.45) is -0.424. The van der Waals surface area contributed by atoms with Gasteiger partial charge in [0.15, 0.2) is 0 Å². The molecule has 0 saturated heterocycles. The highest BCUT2D eigenvalue weighted by Gasteiger charge is 2.09. The number of carbonyl (C=O) groups is 1. The molecule has 0 aromatic heterocycles. The topological polar surface area (TPSA) is 37.3 Å². The number of aryl methyl sites for hydroxylation is 1. The van der Waals surface area contributed by atoms with Gasteiger partial charge in [0.2, 0.25) is 0 Å². The monoisotopic (exact) mass is 186 g/mol. The maximum Gasteiger partial charge on any atom is 0.307 e. The van der Waals surface area contributed by atoms with Crippen molar-refractivity contribution >= 4 is 5.97 Å². The van der Waals surface area contributed by atoms with E-state index in [4.69, 9.17) is 5.11 Å². The molecule has 1 aromatic rings. The Bertz CT molecular complexity index is 348. The zero-order valence-electron chi connectivity index (χ0n) is 6.97. The van der Waals surface area contributed by atoms with Crippen LogP contribution in [0.1, 0.15) is 11.1 Å². The van der Waals surface area contributed by atoms with Gasteiger partial charge >= 0.3 is 5.97 Å². The van der Waals surface area contributed by atoms with Gasteiger partial charge in [-0.1, -0.05) is 0 Å². The molecule has 1 aromatic carbocycles. The third-order valence-corrected chi connectivity index (χ3v) is 1.67. The summed E-state index contributed by atoms with van der Waals surface area (Å²) < 4.78 is 25.6. The molecule has 1 rings (SSSR count). The molecule has 4 heteroatoms. The number of carboxylic acids is 1. The van der Waals surface area contributed by atoms with Crippen molar-refractivity contribution < 1.29 is 18.7 Å². The van der Waals surface area contributed by atoms with Gasteiger partial charge in [-0.15, -0.1) is 0 Å². The van der Waals surface area contributed by atoms with E-state index in [1.165, 1.54) is 13.0 Å². The molecule has 0 saturated carbocycles. The van der Waals surface area contributed by atoms with Gasteiger partial charge in [-0.3, -0.25) is 4.79 Å². The van der Waals surface area contributed by atoms with Crippen LogP contribution >= 0.6 is 0 Å². The van der Waals surface area contributed by atoms with E-state index in [1.54, 1.807) is 0 Å². The molecule has 0 radical (unpaired) electrons. The molecule has 70 valence electrons. The maximum atomic E-state index is 12.9. The average molecular weight is 186 g/mol. The minimum absolute atomic E-state index is 0.00593. The van der Waals surface area contributed by atoms with Crippen molar-refractivity contribution in [3.8, 4) is 0 Å². The van der Waals surface area contributed by atoms with Crippen LogP contribution < -0.4 is 0 Å². The largest absolute Gasteiger partial charge is 0.481 e. The molecule has 1 N–H and O–H groups in total. The summed E-state index contributed by atoms with van der Waals surface area (Å²) in [5, 5.41) is 8.39. The van der Waals surface area contributed by atoms with Crippen molar-refractivity contribution in [3.63, 3.8) is 0 Å². The summed E-state index contributed by atoms with van der Waals surface area (Å²) in [5.74, 6) is -2.61. The molecule has 13 heavy (non-hydrogen) atoms. The Morgan fingerprint density at radius 1 is 1.38 bits per heavy atom. The van der Waals surface area contributed by atoms with Crippen LogP contribution in [0.25, 0.3) is 0 Å². The summed E-state index contributed by atoms with van der Waals surface area (Å²) in [6.45, 7) is 1.46. The second-order valence-electron chi connectivity index (χ2n) is 2.76. The number of halogens is 2. The highest BCUT2D eigenvalue weighted by Crippen LogP contribution is 2.14. The van der Waals surface area contributed by atoms with E-state index < -0.39 is 24.0 Å². The molecule has 0 aliphatic carbocycles. The molecular formula is C9H8F2O2.